The number of nitrogens with zero attached hydrogens (tertiary/aromatic N) is 2. The number of rotatable bonds is 6. The summed E-state index contributed by atoms with van der Waals surface area (Å²) in [6.45, 7) is 6.11. The minimum absolute atomic E-state index is 0.276. The van der Waals surface area contributed by atoms with E-state index in [0.29, 0.717) is 29.0 Å². The molecule has 4 nitrogen and oxygen atoms in total. The van der Waals surface area contributed by atoms with Gasteiger partial charge in [-0.2, -0.15) is 4.98 Å². The van der Waals surface area contributed by atoms with Crippen LogP contribution in [0.3, 0.4) is 0 Å². The Labute approximate surface area is 141 Å². The summed E-state index contributed by atoms with van der Waals surface area (Å²) in [5, 5.41) is 3.65. The summed E-state index contributed by atoms with van der Waals surface area (Å²) in [5.74, 6) is 0.657. The van der Waals surface area contributed by atoms with Crippen LogP contribution in [0.15, 0.2) is 18.2 Å². The lowest BCUT2D eigenvalue weighted by molar-refractivity contribution is 0.398. The highest BCUT2D eigenvalue weighted by atomic mass is 35.5. The number of benzene rings is 1. The van der Waals surface area contributed by atoms with Crippen molar-refractivity contribution in [3.05, 3.63) is 34.7 Å². The monoisotopic (exact) mass is 337 g/mol. The molecule has 0 spiro atoms. The van der Waals surface area contributed by atoms with Gasteiger partial charge in [-0.25, -0.2) is 9.37 Å². The largest absolute Gasteiger partial charge is 0.479 e. The van der Waals surface area contributed by atoms with E-state index in [1.165, 1.54) is 19.2 Å². The highest BCUT2D eigenvalue weighted by molar-refractivity contribution is 6.33. The Balaban J connectivity index is 2.48. The smallest absolute Gasteiger partial charge is 0.242 e. The molecule has 6 heteroatoms. The number of halogens is 2. The van der Waals surface area contributed by atoms with Crippen molar-refractivity contribution in [2.24, 2.45) is 0 Å². The maximum absolute atomic E-state index is 13.2. The zero-order valence-corrected chi connectivity index (χ0v) is 14.5. The van der Waals surface area contributed by atoms with E-state index in [9.17, 15) is 4.39 Å². The molecule has 1 heterocycles. The highest BCUT2D eigenvalue weighted by Crippen LogP contribution is 2.34. The van der Waals surface area contributed by atoms with Crippen LogP contribution in [-0.4, -0.2) is 23.1 Å². The summed E-state index contributed by atoms with van der Waals surface area (Å²) < 4.78 is 18.6. The first-order valence-electron chi connectivity index (χ1n) is 7.64. The number of hydrogen-bond acceptors (Lipinski definition) is 4. The molecule has 124 valence electrons. The van der Waals surface area contributed by atoms with Crippen LogP contribution in [0.4, 0.5) is 10.2 Å². The van der Waals surface area contributed by atoms with E-state index >= 15 is 0 Å². The van der Waals surface area contributed by atoms with Crippen LogP contribution >= 0.6 is 11.6 Å². The van der Waals surface area contributed by atoms with E-state index in [1.807, 2.05) is 6.92 Å². The van der Waals surface area contributed by atoms with Gasteiger partial charge < -0.3 is 10.1 Å². The molecule has 0 saturated heterocycles. The maximum Gasteiger partial charge on any atom is 0.242 e. The molecule has 0 saturated carbocycles. The van der Waals surface area contributed by atoms with E-state index in [0.717, 1.165) is 18.5 Å². The predicted octanol–water partition coefficient (Wildman–Crippen LogP) is 4.85. The summed E-state index contributed by atoms with van der Waals surface area (Å²) in [5.41, 5.74) is 1.84. The Morgan fingerprint density at radius 3 is 2.52 bits per heavy atom. The molecule has 1 N–H and O–H groups in total. The summed E-state index contributed by atoms with van der Waals surface area (Å²) in [7, 11) is 1.53. The standard InChI is InChI=1S/C17H21ClFN3O/c1-5-12(6-2)21-16-10(3)20-15(17(22-16)23-4)13-8-7-11(19)9-14(13)18/h7-9,12H,5-6H2,1-4H3,(H,21,22). The Bertz CT molecular complexity index is 690. The number of ether oxygens (including phenoxy) is 1. The first-order valence-corrected chi connectivity index (χ1v) is 8.02. The highest BCUT2D eigenvalue weighted by Gasteiger charge is 2.17. The van der Waals surface area contributed by atoms with E-state index in [-0.39, 0.29) is 5.02 Å². The van der Waals surface area contributed by atoms with Crippen LogP contribution in [0.1, 0.15) is 32.4 Å². The van der Waals surface area contributed by atoms with Crippen molar-refractivity contribution in [3.63, 3.8) is 0 Å². The van der Waals surface area contributed by atoms with Crippen molar-refractivity contribution < 1.29 is 9.13 Å². The average molecular weight is 338 g/mol. The quantitative estimate of drug-likeness (QED) is 0.818. The van der Waals surface area contributed by atoms with Crippen molar-refractivity contribution in [1.29, 1.82) is 0 Å². The molecule has 2 aromatic rings. The SMILES string of the molecule is CCC(CC)Nc1nc(OC)c(-c2ccc(F)cc2Cl)nc1C. The van der Waals surface area contributed by atoms with Crippen molar-refractivity contribution in [2.45, 2.75) is 39.7 Å². The van der Waals surface area contributed by atoms with Gasteiger partial charge >= 0.3 is 0 Å². The van der Waals surface area contributed by atoms with Gasteiger partial charge in [0.1, 0.15) is 11.5 Å². The Morgan fingerprint density at radius 1 is 1.26 bits per heavy atom. The van der Waals surface area contributed by atoms with Gasteiger partial charge in [0.05, 0.1) is 17.8 Å². The van der Waals surface area contributed by atoms with E-state index in [4.69, 9.17) is 16.3 Å². The fourth-order valence-electron chi connectivity index (χ4n) is 2.33. The first kappa shape index (κ1) is 17.5. The van der Waals surface area contributed by atoms with Crippen LogP contribution in [0.5, 0.6) is 5.88 Å². The Kier molecular flexibility index (Phi) is 5.77. The zero-order valence-electron chi connectivity index (χ0n) is 13.8. The van der Waals surface area contributed by atoms with Crippen molar-refractivity contribution in [1.82, 2.24) is 9.97 Å². The topological polar surface area (TPSA) is 47.0 Å². The summed E-state index contributed by atoms with van der Waals surface area (Å²) in [4.78, 5) is 9.09. The minimum Gasteiger partial charge on any atom is -0.479 e. The zero-order chi connectivity index (χ0) is 17.0. The normalized spacial score (nSPS) is 10.9. The Hall–Kier alpha value is -1.88. The third kappa shape index (κ3) is 3.91. The molecule has 1 aromatic carbocycles. The first-order chi connectivity index (χ1) is 11.0. The average Bonchev–Trinajstić information content (AvgIpc) is 2.53. The van der Waals surface area contributed by atoms with Crippen molar-refractivity contribution in [2.75, 3.05) is 12.4 Å². The van der Waals surface area contributed by atoms with Crippen LogP contribution in [0, 0.1) is 12.7 Å². The van der Waals surface area contributed by atoms with Gasteiger partial charge in [0.15, 0.2) is 5.82 Å². The second kappa shape index (κ2) is 7.59. The van der Waals surface area contributed by atoms with Gasteiger partial charge in [0, 0.05) is 11.6 Å². The van der Waals surface area contributed by atoms with Gasteiger partial charge in [0.2, 0.25) is 5.88 Å². The maximum atomic E-state index is 13.2. The lowest BCUT2D eigenvalue weighted by Gasteiger charge is -2.18. The number of aromatic nitrogens is 2. The third-order valence-electron chi connectivity index (χ3n) is 3.74. The van der Waals surface area contributed by atoms with Crippen LogP contribution in [-0.2, 0) is 0 Å². The van der Waals surface area contributed by atoms with E-state index in [2.05, 4.69) is 29.1 Å². The van der Waals surface area contributed by atoms with Gasteiger partial charge in [-0.15, -0.1) is 0 Å². The van der Waals surface area contributed by atoms with Crippen LogP contribution in [0.2, 0.25) is 5.02 Å². The molecule has 0 fully saturated rings. The minimum atomic E-state index is -0.394. The molecule has 0 aliphatic heterocycles. The number of methoxy groups -OCH3 is 1. The molecule has 23 heavy (non-hydrogen) atoms. The van der Waals surface area contributed by atoms with Gasteiger partial charge in [0.25, 0.3) is 0 Å². The van der Waals surface area contributed by atoms with E-state index in [1.54, 1.807) is 6.07 Å². The number of nitrogens with one attached hydrogen (secondary N) is 1. The second-order valence-corrected chi connectivity index (χ2v) is 5.70. The third-order valence-corrected chi connectivity index (χ3v) is 4.06. The lowest BCUT2D eigenvalue weighted by Crippen LogP contribution is -2.19. The molecular weight excluding hydrogens is 317 g/mol. The molecule has 2 rings (SSSR count). The van der Waals surface area contributed by atoms with Gasteiger partial charge in [-0.05, 0) is 38.0 Å². The van der Waals surface area contributed by atoms with Crippen molar-refractivity contribution in [3.8, 4) is 17.1 Å². The predicted molar refractivity (Wildman–Crippen MR) is 91.7 cm³/mol. The molecule has 1 aromatic heterocycles. The van der Waals surface area contributed by atoms with Gasteiger partial charge in [-0.3, -0.25) is 0 Å². The van der Waals surface area contributed by atoms with Gasteiger partial charge in [-0.1, -0.05) is 25.4 Å². The lowest BCUT2D eigenvalue weighted by atomic mass is 10.1. The van der Waals surface area contributed by atoms with Crippen LogP contribution in [0.25, 0.3) is 11.3 Å². The molecule has 0 bridgehead atoms. The number of hydrogen-bond donors (Lipinski definition) is 1. The van der Waals surface area contributed by atoms with Crippen LogP contribution < -0.4 is 10.1 Å². The molecule has 0 radical (unpaired) electrons. The summed E-state index contributed by atoms with van der Waals surface area (Å²) >= 11 is 6.14. The van der Waals surface area contributed by atoms with E-state index < -0.39 is 5.82 Å². The number of anilines is 1. The Morgan fingerprint density at radius 2 is 1.96 bits per heavy atom. The molecule has 0 unspecified atom stereocenters. The summed E-state index contributed by atoms with van der Waals surface area (Å²) in [6, 6.07) is 4.50. The number of aryl methyl sites for hydroxylation is 1. The molecule has 0 aliphatic rings. The molecule has 0 aliphatic carbocycles. The second-order valence-electron chi connectivity index (χ2n) is 5.30. The molecular formula is C17H21ClFN3O. The fraction of sp³-hybridized carbons (Fsp3) is 0.412. The molecule has 0 atom stereocenters. The molecule has 0 amide bonds. The fourth-order valence-corrected chi connectivity index (χ4v) is 2.58. The summed E-state index contributed by atoms with van der Waals surface area (Å²) in [6.07, 6.45) is 1.98. The van der Waals surface area contributed by atoms with Crippen molar-refractivity contribution >= 4 is 17.4 Å².